The van der Waals surface area contributed by atoms with E-state index >= 15 is 0 Å². The first kappa shape index (κ1) is 19.8. The molecule has 2 aromatic carbocycles. The molecule has 2 aromatic rings. The zero-order valence-corrected chi connectivity index (χ0v) is 15.8. The zero-order valence-electron chi connectivity index (χ0n) is 14.2. The SMILES string of the molecule is O=C(OCc1cccc(S(=O)(=O)N2CCOCC2)c1)c1ccc(F)cc1Cl. The number of carbonyl (C=O) groups excluding carboxylic acids is 1. The standard InChI is InChI=1S/C18H17ClFNO5S/c19-17-11-14(20)4-5-16(17)18(22)26-12-13-2-1-3-15(10-13)27(23,24)21-6-8-25-9-7-21/h1-5,10-11H,6-9,12H2. The normalized spacial score (nSPS) is 15.5. The van der Waals surface area contributed by atoms with Gasteiger partial charge in [0.1, 0.15) is 12.4 Å². The first-order valence-electron chi connectivity index (χ1n) is 8.17. The summed E-state index contributed by atoms with van der Waals surface area (Å²) in [7, 11) is -3.64. The fourth-order valence-corrected chi connectivity index (χ4v) is 4.34. The van der Waals surface area contributed by atoms with E-state index in [1.807, 2.05) is 0 Å². The molecule has 0 atom stereocenters. The lowest BCUT2D eigenvalue weighted by Crippen LogP contribution is -2.40. The van der Waals surface area contributed by atoms with Crippen molar-refractivity contribution >= 4 is 27.6 Å². The van der Waals surface area contributed by atoms with Crippen molar-refractivity contribution in [3.05, 3.63) is 64.4 Å². The second kappa shape index (κ2) is 8.35. The molecule has 3 rings (SSSR count). The molecule has 0 saturated carbocycles. The molecule has 0 bridgehead atoms. The molecule has 1 aliphatic rings. The van der Waals surface area contributed by atoms with E-state index in [0.717, 1.165) is 12.1 Å². The molecule has 9 heteroatoms. The number of nitrogens with zero attached hydrogens (tertiary/aromatic N) is 1. The van der Waals surface area contributed by atoms with Crippen molar-refractivity contribution in [2.24, 2.45) is 0 Å². The molecule has 1 fully saturated rings. The van der Waals surface area contributed by atoms with Gasteiger partial charge in [-0.05, 0) is 35.9 Å². The molecule has 0 spiro atoms. The van der Waals surface area contributed by atoms with Crippen molar-refractivity contribution in [3.63, 3.8) is 0 Å². The Kier molecular flexibility index (Phi) is 6.11. The van der Waals surface area contributed by atoms with Crippen molar-refractivity contribution in [1.82, 2.24) is 4.31 Å². The quantitative estimate of drug-likeness (QED) is 0.705. The Morgan fingerprint density at radius 2 is 1.93 bits per heavy atom. The molecule has 0 unspecified atom stereocenters. The molecule has 0 amide bonds. The van der Waals surface area contributed by atoms with Crippen molar-refractivity contribution in [3.8, 4) is 0 Å². The van der Waals surface area contributed by atoms with E-state index in [0.29, 0.717) is 31.9 Å². The lowest BCUT2D eigenvalue weighted by molar-refractivity contribution is 0.0472. The zero-order chi connectivity index (χ0) is 19.4. The van der Waals surface area contributed by atoms with Gasteiger partial charge < -0.3 is 9.47 Å². The second-order valence-electron chi connectivity index (χ2n) is 5.86. The largest absolute Gasteiger partial charge is 0.457 e. The van der Waals surface area contributed by atoms with Crippen LogP contribution < -0.4 is 0 Å². The molecule has 27 heavy (non-hydrogen) atoms. The van der Waals surface area contributed by atoms with Crippen LogP contribution in [0.2, 0.25) is 5.02 Å². The van der Waals surface area contributed by atoms with Crippen LogP contribution in [0.15, 0.2) is 47.4 Å². The van der Waals surface area contributed by atoms with Gasteiger partial charge in [0.05, 0.1) is 28.7 Å². The van der Waals surface area contributed by atoms with Gasteiger partial charge in [-0.1, -0.05) is 23.7 Å². The van der Waals surface area contributed by atoms with Gasteiger partial charge in [0.2, 0.25) is 10.0 Å². The summed E-state index contributed by atoms with van der Waals surface area (Å²) in [6, 6.07) is 9.56. The molecule has 0 aromatic heterocycles. The molecule has 0 radical (unpaired) electrons. The van der Waals surface area contributed by atoms with Gasteiger partial charge >= 0.3 is 5.97 Å². The summed E-state index contributed by atoms with van der Waals surface area (Å²) in [4.78, 5) is 12.2. The van der Waals surface area contributed by atoms with Crippen LogP contribution in [0.5, 0.6) is 0 Å². The smallest absolute Gasteiger partial charge is 0.339 e. The summed E-state index contributed by atoms with van der Waals surface area (Å²) in [5.41, 5.74) is 0.547. The van der Waals surface area contributed by atoms with Crippen LogP contribution in [0.3, 0.4) is 0 Å². The van der Waals surface area contributed by atoms with Crippen LogP contribution in [0, 0.1) is 5.82 Å². The molecule has 0 N–H and O–H groups in total. The summed E-state index contributed by atoms with van der Waals surface area (Å²) >= 11 is 5.84. The Balaban J connectivity index is 1.71. The highest BCUT2D eigenvalue weighted by atomic mass is 35.5. The predicted molar refractivity (Wildman–Crippen MR) is 96.5 cm³/mol. The summed E-state index contributed by atoms with van der Waals surface area (Å²) in [6.45, 7) is 1.16. The van der Waals surface area contributed by atoms with Crippen LogP contribution in [-0.4, -0.2) is 45.0 Å². The average Bonchev–Trinajstić information content (AvgIpc) is 2.67. The third-order valence-electron chi connectivity index (χ3n) is 4.03. The van der Waals surface area contributed by atoms with E-state index in [2.05, 4.69) is 0 Å². The van der Waals surface area contributed by atoms with Gasteiger partial charge in [-0.2, -0.15) is 4.31 Å². The van der Waals surface area contributed by atoms with Crippen LogP contribution in [0.25, 0.3) is 0 Å². The van der Waals surface area contributed by atoms with Crippen LogP contribution in [-0.2, 0) is 26.1 Å². The number of carbonyl (C=O) groups is 1. The summed E-state index contributed by atoms with van der Waals surface area (Å²) in [5, 5.41) is -0.0522. The highest BCUT2D eigenvalue weighted by Crippen LogP contribution is 2.21. The number of hydrogen-bond donors (Lipinski definition) is 0. The maximum atomic E-state index is 13.1. The number of rotatable bonds is 5. The van der Waals surface area contributed by atoms with Crippen LogP contribution in [0.4, 0.5) is 4.39 Å². The fourth-order valence-electron chi connectivity index (χ4n) is 2.61. The van der Waals surface area contributed by atoms with Crippen LogP contribution >= 0.6 is 11.6 Å². The highest BCUT2D eigenvalue weighted by Gasteiger charge is 2.26. The number of benzene rings is 2. The Labute approximate surface area is 161 Å². The predicted octanol–water partition coefficient (Wildman–Crippen LogP) is 2.86. The van der Waals surface area contributed by atoms with Gasteiger partial charge in [0.15, 0.2) is 0 Å². The maximum absolute atomic E-state index is 13.1. The second-order valence-corrected chi connectivity index (χ2v) is 8.21. The Morgan fingerprint density at radius 1 is 1.19 bits per heavy atom. The van der Waals surface area contributed by atoms with E-state index in [9.17, 15) is 17.6 Å². The molecular formula is C18H17ClFNO5S. The van der Waals surface area contributed by atoms with E-state index in [4.69, 9.17) is 21.1 Å². The topological polar surface area (TPSA) is 72.9 Å². The average molecular weight is 414 g/mol. The molecule has 0 aliphatic carbocycles. The third-order valence-corrected chi connectivity index (χ3v) is 6.23. The molecule has 1 heterocycles. The van der Waals surface area contributed by atoms with Crippen molar-refractivity contribution in [2.45, 2.75) is 11.5 Å². The maximum Gasteiger partial charge on any atom is 0.339 e. The number of morpholine rings is 1. The summed E-state index contributed by atoms with van der Waals surface area (Å²) in [5.74, 6) is -1.28. The summed E-state index contributed by atoms with van der Waals surface area (Å²) in [6.07, 6.45) is 0. The van der Waals surface area contributed by atoms with Crippen molar-refractivity contribution < 1.29 is 27.1 Å². The Hall–Kier alpha value is -2.00. The lowest BCUT2D eigenvalue weighted by atomic mass is 10.2. The van der Waals surface area contributed by atoms with E-state index < -0.39 is 21.8 Å². The minimum absolute atomic E-state index is 0.0372. The molecule has 144 valence electrons. The number of hydrogen-bond acceptors (Lipinski definition) is 5. The lowest BCUT2D eigenvalue weighted by Gasteiger charge is -2.26. The van der Waals surface area contributed by atoms with E-state index in [1.54, 1.807) is 12.1 Å². The van der Waals surface area contributed by atoms with Crippen LogP contribution in [0.1, 0.15) is 15.9 Å². The monoisotopic (exact) mass is 413 g/mol. The first-order valence-corrected chi connectivity index (χ1v) is 9.99. The Morgan fingerprint density at radius 3 is 2.63 bits per heavy atom. The fraction of sp³-hybridized carbons (Fsp3) is 0.278. The number of halogens is 2. The van der Waals surface area contributed by atoms with Crippen molar-refractivity contribution in [1.29, 1.82) is 0 Å². The van der Waals surface area contributed by atoms with Gasteiger partial charge in [0.25, 0.3) is 0 Å². The van der Waals surface area contributed by atoms with Gasteiger partial charge in [-0.25, -0.2) is 17.6 Å². The minimum atomic E-state index is -3.64. The minimum Gasteiger partial charge on any atom is -0.457 e. The van der Waals surface area contributed by atoms with E-state index in [1.165, 1.54) is 22.5 Å². The number of sulfonamides is 1. The van der Waals surface area contributed by atoms with E-state index in [-0.39, 0.29) is 22.1 Å². The highest BCUT2D eigenvalue weighted by molar-refractivity contribution is 7.89. The molecule has 1 saturated heterocycles. The number of esters is 1. The third kappa shape index (κ3) is 4.65. The molecule has 6 nitrogen and oxygen atoms in total. The Bertz CT molecular complexity index is 945. The number of ether oxygens (including phenoxy) is 2. The molecular weight excluding hydrogens is 397 g/mol. The van der Waals surface area contributed by atoms with Gasteiger partial charge in [0, 0.05) is 13.1 Å². The van der Waals surface area contributed by atoms with Gasteiger partial charge in [-0.3, -0.25) is 0 Å². The first-order chi connectivity index (χ1) is 12.9. The summed E-state index contributed by atoms with van der Waals surface area (Å²) < 4.78 is 50.2. The van der Waals surface area contributed by atoms with Gasteiger partial charge in [-0.15, -0.1) is 0 Å². The molecule has 1 aliphatic heterocycles. The van der Waals surface area contributed by atoms with Crippen molar-refractivity contribution in [2.75, 3.05) is 26.3 Å².